The monoisotopic (exact) mass is 385 g/mol. The van der Waals surface area contributed by atoms with E-state index in [1.54, 1.807) is 24.2 Å². The summed E-state index contributed by atoms with van der Waals surface area (Å²) in [5.74, 6) is 0.917. The number of hydrogen-bond donors (Lipinski definition) is 2. The summed E-state index contributed by atoms with van der Waals surface area (Å²) in [5.41, 5.74) is 8.71. The van der Waals surface area contributed by atoms with Crippen molar-refractivity contribution in [2.24, 2.45) is 0 Å². The summed E-state index contributed by atoms with van der Waals surface area (Å²) in [6.07, 6.45) is 14.7. The zero-order valence-electron chi connectivity index (χ0n) is 15.1. The van der Waals surface area contributed by atoms with Crippen molar-refractivity contribution in [1.82, 2.24) is 15.0 Å². The van der Waals surface area contributed by atoms with Crippen molar-refractivity contribution in [2.75, 3.05) is 11.1 Å². The lowest BCUT2D eigenvalue weighted by molar-refractivity contribution is 1.16. The van der Waals surface area contributed by atoms with E-state index >= 15 is 0 Å². The second-order valence-electron chi connectivity index (χ2n) is 6.11. The lowest BCUT2D eigenvalue weighted by Gasteiger charge is -2.10. The van der Waals surface area contributed by atoms with Gasteiger partial charge in [0.25, 0.3) is 0 Å². The summed E-state index contributed by atoms with van der Waals surface area (Å²) in [6.45, 7) is 0. The standard InChI is InChI=1S/C22H19N5S/c23-22-26-20(16-5-3-1-2-4-6-16)15-21(27-22)25-17-7-9-18(10-8-17)28-19-11-13-24-14-12-19/h1-3,5-15H,4H2,(H3,23,25,26,27). The van der Waals surface area contributed by atoms with Crippen LogP contribution in [0, 0.1) is 0 Å². The Morgan fingerprint density at radius 1 is 0.929 bits per heavy atom. The Balaban J connectivity index is 1.50. The number of aromatic nitrogens is 3. The summed E-state index contributed by atoms with van der Waals surface area (Å²) in [7, 11) is 0. The second-order valence-corrected chi connectivity index (χ2v) is 7.26. The Morgan fingerprint density at radius 3 is 2.54 bits per heavy atom. The minimum absolute atomic E-state index is 0.247. The molecule has 0 spiro atoms. The Bertz CT molecular complexity index is 1040. The number of pyridine rings is 1. The van der Waals surface area contributed by atoms with E-state index in [0.717, 1.165) is 33.2 Å². The topological polar surface area (TPSA) is 76.7 Å². The minimum atomic E-state index is 0.247. The molecule has 1 aromatic carbocycles. The summed E-state index contributed by atoms with van der Waals surface area (Å²) in [6, 6.07) is 14.1. The van der Waals surface area contributed by atoms with Crippen LogP contribution in [0.5, 0.6) is 0 Å². The fourth-order valence-electron chi connectivity index (χ4n) is 2.74. The largest absolute Gasteiger partial charge is 0.368 e. The van der Waals surface area contributed by atoms with Gasteiger partial charge in [0, 0.05) is 33.9 Å². The summed E-state index contributed by atoms with van der Waals surface area (Å²) < 4.78 is 0. The molecular formula is C22H19N5S. The quantitative estimate of drug-likeness (QED) is 0.625. The van der Waals surface area contributed by atoms with Gasteiger partial charge in [-0.1, -0.05) is 42.1 Å². The first kappa shape index (κ1) is 18.0. The van der Waals surface area contributed by atoms with Crippen LogP contribution in [-0.4, -0.2) is 15.0 Å². The van der Waals surface area contributed by atoms with Crippen molar-refractivity contribution in [3.8, 4) is 0 Å². The van der Waals surface area contributed by atoms with Crippen molar-refractivity contribution in [2.45, 2.75) is 16.2 Å². The van der Waals surface area contributed by atoms with Crippen LogP contribution in [0.25, 0.3) is 5.57 Å². The number of nitrogen functional groups attached to an aromatic ring is 1. The fourth-order valence-corrected chi connectivity index (χ4v) is 3.55. The lowest BCUT2D eigenvalue weighted by atomic mass is 10.1. The van der Waals surface area contributed by atoms with Gasteiger partial charge in [-0.05, 0) is 48.4 Å². The van der Waals surface area contributed by atoms with Gasteiger partial charge in [-0.25, -0.2) is 4.98 Å². The van der Waals surface area contributed by atoms with Gasteiger partial charge in [0.1, 0.15) is 5.82 Å². The number of nitrogens with two attached hydrogens (primary N) is 1. The molecule has 28 heavy (non-hydrogen) atoms. The molecular weight excluding hydrogens is 366 g/mol. The van der Waals surface area contributed by atoms with Crippen LogP contribution in [0.2, 0.25) is 0 Å². The van der Waals surface area contributed by atoms with Gasteiger partial charge >= 0.3 is 0 Å². The van der Waals surface area contributed by atoms with Crippen molar-refractivity contribution in [3.63, 3.8) is 0 Å². The molecule has 0 saturated carbocycles. The highest BCUT2D eigenvalue weighted by Gasteiger charge is 2.07. The highest BCUT2D eigenvalue weighted by molar-refractivity contribution is 7.99. The number of allylic oxidation sites excluding steroid dienone is 6. The lowest BCUT2D eigenvalue weighted by Crippen LogP contribution is -2.02. The van der Waals surface area contributed by atoms with Gasteiger partial charge in [0.2, 0.25) is 5.95 Å². The molecule has 3 aromatic rings. The maximum atomic E-state index is 5.93. The third kappa shape index (κ3) is 4.66. The van der Waals surface area contributed by atoms with Crippen LogP contribution in [0.4, 0.5) is 17.5 Å². The van der Waals surface area contributed by atoms with Crippen molar-refractivity contribution in [1.29, 1.82) is 0 Å². The van der Waals surface area contributed by atoms with Crippen LogP contribution in [0.15, 0.2) is 95.0 Å². The van der Waals surface area contributed by atoms with Crippen molar-refractivity contribution in [3.05, 3.63) is 90.9 Å². The smallest absolute Gasteiger partial charge is 0.222 e. The van der Waals surface area contributed by atoms with Crippen molar-refractivity contribution >= 4 is 34.8 Å². The average Bonchev–Trinajstić information content (AvgIpc) is 3.00. The highest BCUT2D eigenvalue weighted by Crippen LogP contribution is 2.29. The first-order valence-corrected chi connectivity index (χ1v) is 9.71. The van der Waals surface area contributed by atoms with E-state index in [2.05, 4.69) is 44.6 Å². The van der Waals surface area contributed by atoms with Crippen LogP contribution in [0.1, 0.15) is 12.1 Å². The molecule has 2 heterocycles. The van der Waals surface area contributed by atoms with E-state index in [1.165, 1.54) is 0 Å². The maximum Gasteiger partial charge on any atom is 0.222 e. The molecule has 0 atom stereocenters. The predicted molar refractivity (Wildman–Crippen MR) is 115 cm³/mol. The Hall–Kier alpha value is -3.38. The second kappa shape index (κ2) is 8.54. The third-order valence-electron chi connectivity index (χ3n) is 4.05. The molecule has 2 aromatic heterocycles. The van der Waals surface area contributed by atoms with Crippen LogP contribution in [0.3, 0.4) is 0 Å². The number of nitrogens with one attached hydrogen (secondary N) is 1. The van der Waals surface area contributed by atoms with E-state index in [9.17, 15) is 0 Å². The van der Waals surface area contributed by atoms with Crippen molar-refractivity contribution < 1.29 is 0 Å². The number of rotatable bonds is 5. The van der Waals surface area contributed by atoms with E-state index in [-0.39, 0.29) is 5.95 Å². The van der Waals surface area contributed by atoms with Gasteiger partial charge in [-0.2, -0.15) is 4.98 Å². The maximum absolute atomic E-state index is 5.93. The molecule has 0 fully saturated rings. The third-order valence-corrected chi connectivity index (χ3v) is 5.06. The summed E-state index contributed by atoms with van der Waals surface area (Å²) in [5, 5.41) is 3.31. The highest BCUT2D eigenvalue weighted by atomic mass is 32.2. The van der Waals surface area contributed by atoms with Gasteiger partial charge in [0.05, 0.1) is 5.69 Å². The first-order valence-electron chi connectivity index (χ1n) is 8.89. The minimum Gasteiger partial charge on any atom is -0.368 e. The molecule has 138 valence electrons. The Morgan fingerprint density at radius 2 is 1.71 bits per heavy atom. The van der Waals surface area contributed by atoms with Gasteiger partial charge in [-0.3, -0.25) is 4.98 Å². The molecule has 1 aliphatic rings. The van der Waals surface area contributed by atoms with E-state index in [4.69, 9.17) is 5.73 Å². The zero-order chi connectivity index (χ0) is 19.2. The van der Waals surface area contributed by atoms with Crippen LogP contribution in [-0.2, 0) is 0 Å². The number of anilines is 3. The zero-order valence-corrected chi connectivity index (χ0v) is 15.9. The first-order chi connectivity index (χ1) is 13.8. The number of nitrogens with zero attached hydrogens (tertiary/aromatic N) is 3. The van der Waals surface area contributed by atoms with Gasteiger partial charge in [0.15, 0.2) is 0 Å². The molecule has 0 bridgehead atoms. The molecule has 0 unspecified atom stereocenters. The van der Waals surface area contributed by atoms with E-state index in [1.807, 2.05) is 48.6 Å². The Kier molecular flexibility index (Phi) is 5.49. The predicted octanol–water partition coefficient (Wildman–Crippen LogP) is 5.25. The molecule has 0 saturated heterocycles. The molecule has 4 rings (SSSR count). The molecule has 0 aliphatic heterocycles. The molecule has 1 aliphatic carbocycles. The number of benzene rings is 1. The van der Waals surface area contributed by atoms with Gasteiger partial charge < -0.3 is 11.1 Å². The van der Waals surface area contributed by atoms with Crippen LogP contribution >= 0.6 is 11.8 Å². The van der Waals surface area contributed by atoms with E-state index in [0.29, 0.717) is 5.82 Å². The summed E-state index contributed by atoms with van der Waals surface area (Å²) >= 11 is 1.69. The normalized spacial score (nSPS) is 13.1. The molecule has 5 nitrogen and oxygen atoms in total. The average molecular weight is 385 g/mol. The van der Waals surface area contributed by atoms with Gasteiger partial charge in [-0.15, -0.1) is 0 Å². The molecule has 6 heteroatoms. The molecule has 0 amide bonds. The van der Waals surface area contributed by atoms with Crippen LogP contribution < -0.4 is 11.1 Å². The number of hydrogen-bond acceptors (Lipinski definition) is 6. The molecule has 0 radical (unpaired) electrons. The Labute approximate surface area is 168 Å². The molecule has 3 N–H and O–H groups in total. The summed E-state index contributed by atoms with van der Waals surface area (Å²) in [4.78, 5) is 15.0. The SMILES string of the molecule is Nc1nc(Nc2ccc(Sc3ccncc3)cc2)cc(C2=CCC=CC=C2)n1. The van der Waals surface area contributed by atoms with E-state index < -0.39 is 0 Å². The fraction of sp³-hybridized carbons (Fsp3) is 0.0455.